The van der Waals surface area contributed by atoms with Crippen LogP contribution in [0.2, 0.25) is 0 Å². The molecule has 5 nitrogen and oxygen atoms in total. The molecule has 0 aromatic heterocycles. The predicted molar refractivity (Wildman–Crippen MR) is 90.6 cm³/mol. The van der Waals surface area contributed by atoms with Crippen LogP contribution in [-0.2, 0) is 9.59 Å². The van der Waals surface area contributed by atoms with Crippen molar-refractivity contribution in [3.63, 3.8) is 0 Å². The lowest BCUT2D eigenvalue weighted by Gasteiger charge is -2.11. The largest absolute Gasteiger partial charge is 0.336 e. The van der Waals surface area contributed by atoms with Crippen LogP contribution in [0.3, 0.4) is 0 Å². The number of nitrogens with zero attached hydrogens (tertiary/aromatic N) is 1. The topological polar surface area (TPSA) is 70.6 Å². The van der Waals surface area contributed by atoms with Gasteiger partial charge in [0.25, 0.3) is 5.91 Å². The van der Waals surface area contributed by atoms with Crippen LogP contribution in [0.4, 0.5) is 11.4 Å². The number of rotatable bonds is 3. The third-order valence-corrected chi connectivity index (χ3v) is 3.33. The molecule has 0 radical (unpaired) electrons. The number of amides is 2. The normalized spacial score (nSPS) is 16.5. The van der Waals surface area contributed by atoms with Gasteiger partial charge in [-0.25, -0.2) is 0 Å². The zero-order valence-electron chi connectivity index (χ0n) is 12.3. The molecule has 2 amide bonds. The summed E-state index contributed by atoms with van der Waals surface area (Å²) in [5, 5.41) is 5.38. The number of fused-ring (bicyclic) bond motifs is 1. The molecule has 0 spiro atoms. The lowest BCUT2D eigenvalue weighted by Crippen LogP contribution is -2.43. The molecule has 3 rings (SSSR count). The van der Waals surface area contributed by atoms with E-state index in [9.17, 15) is 9.59 Å². The molecule has 1 aliphatic heterocycles. The van der Waals surface area contributed by atoms with Gasteiger partial charge in [0.1, 0.15) is 6.04 Å². The number of carbonyl (C=O) groups is 2. The third kappa shape index (κ3) is 3.71. The molecule has 0 saturated carbocycles. The standard InChI is InChI=1S/C18H15N3O2/c22-17(11-10-13-6-2-1-3-7-13)20-16-12-19-14-8-4-5-9-15(14)21-18(16)23/h1-12,16H,(H,20,22)(H,21,23)/b11-10+. The Kier molecular flexibility index (Phi) is 4.29. The van der Waals surface area contributed by atoms with Gasteiger partial charge in [0, 0.05) is 12.3 Å². The molecule has 1 aliphatic rings. The van der Waals surface area contributed by atoms with Crippen molar-refractivity contribution in [1.29, 1.82) is 0 Å². The number of anilines is 1. The van der Waals surface area contributed by atoms with Gasteiger partial charge in [-0.2, -0.15) is 0 Å². The highest BCUT2D eigenvalue weighted by Crippen LogP contribution is 2.25. The molecular formula is C18H15N3O2. The summed E-state index contributed by atoms with van der Waals surface area (Å²) in [5.41, 5.74) is 2.21. The summed E-state index contributed by atoms with van der Waals surface area (Å²) in [4.78, 5) is 28.4. The Hall–Kier alpha value is -3.21. The molecule has 0 fully saturated rings. The van der Waals surface area contributed by atoms with Crippen molar-refractivity contribution >= 4 is 35.5 Å². The van der Waals surface area contributed by atoms with Crippen LogP contribution < -0.4 is 10.6 Å². The zero-order chi connectivity index (χ0) is 16.1. The Bertz CT molecular complexity index is 782. The van der Waals surface area contributed by atoms with Crippen molar-refractivity contribution in [1.82, 2.24) is 5.32 Å². The van der Waals surface area contributed by atoms with Crippen molar-refractivity contribution in [2.24, 2.45) is 4.99 Å². The van der Waals surface area contributed by atoms with Crippen LogP contribution in [0.1, 0.15) is 5.56 Å². The van der Waals surface area contributed by atoms with E-state index in [4.69, 9.17) is 0 Å². The van der Waals surface area contributed by atoms with Gasteiger partial charge in [-0.3, -0.25) is 14.6 Å². The highest BCUT2D eigenvalue weighted by Gasteiger charge is 2.21. The number of hydrogen-bond acceptors (Lipinski definition) is 3. The smallest absolute Gasteiger partial charge is 0.252 e. The SMILES string of the molecule is O=C(/C=C/c1ccccc1)NC1C=Nc2ccccc2NC1=O. The second-order valence-electron chi connectivity index (χ2n) is 5.01. The van der Waals surface area contributed by atoms with Gasteiger partial charge in [-0.15, -0.1) is 0 Å². The summed E-state index contributed by atoms with van der Waals surface area (Å²) in [7, 11) is 0. The number of aliphatic imine (C=N–C) groups is 1. The van der Waals surface area contributed by atoms with Crippen molar-refractivity contribution in [3.8, 4) is 0 Å². The van der Waals surface area contributed by atoms with Gasteiger partial charge in [0.15, 0.2) is 0 Å². The molecule has 1 heterocycles. The Morgan fingerprint density at radius 1 is 1.09 bits per heavy atom. The highest BCUT2D eigenvalue weighted by atomic mass is 16.2. The maximum atomic E-state index is 12.1. The quantitative estimate of drug-likeness (QED) is 0.856. The average molecular weight is 305 g/mol. The maximum absolute atomic E-state index is 12.1. The molecule has 23 heavy (non-hydrogen) atoms. The van der Waals surface area contributed by atoms with Gasteiger partial charge in [-0.05, 0) is 23.8 Å². The number of benzene rings is 2. The highest BCUT2D eigenvalue weighted by molar-refractivity contribution is 6.11. The van der Waals surface area contributed by atoms with Gasteiger partial charge < -0.3 is 10.6 Å². The minimum absolute atomic E-state index is 0.319. The van der Waals surface area contributed by atoms with Crippen molar-refractivity contribution in [3.05, 3.63) is 66.2 Å². The summed E-state index contributed by atoms with van der Waals surface area (Å²) >= 11 is 0. The molecule has 2 aromatic rings. The molecule has 0 bridgehead atoms. The first-order chi connectivity index (χ1) is 11.2. The number of hydrogen-bond donors (Lipinski definition) is 2. The predicted octanol–water partition coefficient (Wildman–Crippen LogP) is 2.54. The molecule has 0 saturated heterocycles. The van der Waals surface area contributed by atoms with Crippen LogP contribution in [0.5, 0.6) is 0 Å². The Morgan fingerprint density at radius 3 is 2.65 bits per heavy atom. The van der Waals surface area contributed by atoms with E-state index in [2.05, 4.69) is 15.6 Å². The van der Waals surface area contributed by atoms with Gasteiger partial charge >= 0.3 is 0 Å². The minimum atomic E-state index is -0.810. The summed E-state index contributed by atoms with van der Waals surface area (Å²) in [5.74, 6) is -0.674. The Balaban J connectivity index is 1.67. The van der Waals surface area contributed by atoms with E-state index < -0.39 is 6.04 Å². The van der Waals surface area contributed by atoms with Crippen LogP contribution in [0, 0.1) is 0 Å². The molecule has 1 unspecified atom stereocenters. The van der Waals surface area contributed by atoms with Crippen molar-refractivity contribution in [2.45, 2.75) is 6.04 Å². The summed E-state index contributed by atoms with van der Waals surface area (Å²) in [6, 6.07) is 15.9. The molecule has 5 heteroatoms. The molecule has 2 N–H and O–H groups in total. The molecule has 1 atom stereocenters. The fourth-order valence-corrected chi connectivity index (χ4v) is 2.17. The molecule has 114 valence electrons. The second kappa shape index (κ2) is 6.70. The van der Waals surface area contributed by atoms with E-state index in [1.165, 1.54) is 12.3 Å². The van der Waals surface area contributed by atoms with Crippen molar-refractivity contribution in [2.75, 3.05) is 5.32 Å². The summed E-state index contributed by atoms with van der Waals surface area (Å²) < 4.78 is 0. The lowest BCUT2D eigenvalue weighted by atomic mass is 10.2. The van der Waals surface area contributed by atoms with E-state index in [-0.39, 0.29) is 11.8 Å². The van der Waals surface area contributed by atoms with Crippen LogP contribution in [0.15, 0.2) is 65.7 Å². The lowest BCUT2D eigenvalue weighted by molar-refractivity contribution is -0.122. The summed E-state index contributed by atoms with van der Waals surface area (Å²) in [6.45, 7) is 0. The molecule has 2 aromatic carbocycles. The third-order valence-electron chi connectivity index (χ3n) is 3.33. The fraction of sp³-hybridized carbons (Fsp3) is 0.0556. The van der Waals surface area contributed by atoms with E-state index in [1.54, 1.807) is 18.2 Å². The van der Waals surface area contributed by atoms with E-state index >= 15 is 0 Å². The molecular weight excluding hydrogens is 290 g/mol. The van der Waals surface area contributed by atoms with Gasteiger partial charge in [0.05, 0.1) is 11.4 Å². The Labute approximate surface area is 133 Å². The van der Waals surface area contributed by atoms with Crippen molar-refractivity contribution < 1.29 is 9.59 Å². The second-order valence-corrected chi connectivity index (χ2v) is 5.01. The monoisotopic (exact) mass is 305 g/mol. The fourth-order valence-electron chi connectivity index (χ4n) is 2.17. The van der Waals surface area contributed by atoms with Gasteiger partial charge in [0.2, 0.25) is 5.91 Å². The van der Waals surface area contributed by atoms with E-state index in [1.807, 2.05) is 42.5 Å². The first-order valence-corrected chi connectivity index (χ1v) is 7.20. The van der Waals surface area contributed by atoms with E-state index in [0.29, 0.717) is 11.4 Å². The van der Waals surface area contributed by atoms with Crippen LogP contribution in [-0.4, -0.2) is 24.1 Å². The minimum Gasteiger partial charge on any atom is -0.336 e. The number of carbonyl (C=O) groups excluding carboxylic acids is 2. The molecule has 0 aliphatic carbocycles. The Morgan fingerprint density at radius 2 is 1.83 bits per heavy atom. The first kappa shape index (κ1) is 14.7. The number of nitrogens with one attached hydrogen (secondary N) is 2. The first-order valence-electron chi connectivity index (χ1n) is 7.20. The zero-order valence-corrected chi connectivity index (χ0v) is 12.3. The summed E-state index contributed by atoms with van der Waals surface area (Å²) in [6.07, 6.45) is 4.53. The van der Waals surface area contributed by atoms with E-state index in [0.717, 1.165) is 5.56 Å². The van der Waals surface area contributed by atoms with Crippen LogP contribution in [0.25, 0.3) is 6.08 Å². The number of para-hydroxylation sites is 2. The average Bonchev–Trinajstić information content (AvgIpc) is 2.73. The van der Waals surface area contributed by atoms with Gasteiger partial charge in [-0.1, -0.05) is 42.5 Å². The van der Waals surface area contributed by atoms with Crippen LogP contribution >= 0.6 is 0 Å². The maximum Gasteiger partial charge on any atom is 0.252 e.